The van der Waals surface area contributed by atoms with Crippen LogP contribution in [0.4, 0.5) is 0 Å². The lowest BCUT2D eigenvalue weighted by atomic mass is 9.97. The van der Waals surface area contributed by atoms with E-state index in [1.54, 1.807) is 0 Å². The van der Waals surface area contributed by atoms with E-state index in [1.165, 1.54) is 28.5 Å². The summed E-state index contributed by atoms with van der Waals surface area (Å²) in [7, 11) is 0. The molecule has 4 rings (SSSR count). The molecule has 0 bridgehead atoms. The van der Waals surface area contributed by atoms with Crippen LogP contribution in [0.1, 0.15) is 51.3 Å². The number of benzene rings is 2. The quantitative estimate of drug-likeness (QED) is 0.380. The molecular weight excluding hydrogens is 340 g/mol. The van der Waals surface area contributed by atoms with Gasteiger partial charge in [-0.05, 0) is 60.6 Å². The summed E-state index contributed by atoms with van der Waals surface area (Å²) in [5.74, 6) is 1.31. The van der Waals surface area contributed by atoms with Crippen LogP contribution in [0.25, 0.3) is 21.8 Å². The minimum Gasteiger partial charge on any atom is -0.256 e. The Kier molecular flexibility index (Phi) is 6.76. The predicted molar refractivity (Wildman–Crippen MR) is 121 cm³/mol. The van der Waals surface area contributed by atoms with Crippen molar-refractivity contribution in [1.29, 1.82) is 0 Å². The fourth-order valence-electron chi connectivity index (χ4n) is 3.28. The van der Waals surface area contributed by atoms with Crippen molar-refractivity contribution in [2.45, 2.75) is 46.5 Å². The molecule has 28 heavy (non-hydrogen) atoms. The van der Waals surface area contributed by atoms with Crippen LogP contribution in [0.5, 0.6) is 0 Å². The van der Waals surface area contributed by atoms with E-state index in [1.807, 2.05) is 24.4 Å². The molecule has 144 valence electrons. The van der Waals surface area contributed by atoms with Gasteiger partial charge in [-0.1, -0.05) is 64.1 Å². The van der Waals surface area contributed by atoms with Crippen LogP contribution in [-0.2, 0) is 6.42 Å². The summed E-state index contributed by atoms with van der Waals surface area (Å²) in [5.41, 5.74) is 4.79. The minimum atomic E-state index is 0.639. The maximum absolute atomic E-state index is 4.62. The molecule has 1 atom stereocenters. The van der Waals surface area contributed by atoms with E-state index < -0.39 is 0 Å². The molecule has 4 aromatic rings. The van der Waals surface area contributed by atoms with Crippen molar-refractivity contribution in [2.24, 2.45) is 5.92 Å². The SMILES string of the molecule is CC(C)Cc1ccc2ccccc2n1.CCC(C)c1ccc2ncccc2c1. The molecule has 1 unspecified atom stereocenters. The lowest BCUT2D eigenvalue weighted by Gasteiger charge is -2.09. The van der Waals surface area contributed by atoms with Gasteiger partial charge in [0.2, 0.25) is 0 Å². The van der Waals surface area contributed by atoms with E-state index in [2.05, 4.69) is 86.2 Å². The molecule has 0 N–H and O–H groups in total. The highest BCUT2D eigenvalue weighted by atomic mass is 14.7. The largest absolute Gasteiger partial charge is 0.256 e. The van der Waals surface area contributed by atoms with E-state index in [0.717, 1.165) is 17.5 Å². The maximum Gasteiger partial charge on any atom is 0.0705 e. The van der Waals surface area contributed by atoms with Gasteiger partial charge < -0.3 is 0 Å². The van der Waals surface area contributed by atoms with E-state index >= 15 is 0 Å². The normalized spacial score (nSPS) is 12.0. The molecule has 0 saturated heterocycles. The summed E-state index contributed by atoms with van der Waals surface area (Å²) < 4.78 is 0. The Hall–Kier alpha value is -2.74. The number of hydrogen-bond donors (Lipinski definition) is 0. The lowest BCUT2D eigenvalue weighted by Crippen LogP contribution is -1.96. The molecular formula is C26H30N2. The summed E-state index contributed by atoms with van der Waals surface area (Å²) >= 11 is 0. The van der Waals surface area contributed by atoms with Gasteiger partial charge in [-0.15, -0.1) is 0 Å². The van der Waals surface area contributed by atoms with Crippen LogP contribution in [0.3, 0.4) is 0 Å². The maximum atomic E-state index is 4.62. The van der Waals surface area contributed by atoms with Gasteiger partial charge in [-0.25, -0.2) is 0 Å². The number of hydrogen-bond acceptors (Lipinski definition) is 2. The number of pyridine rings is 2. The molecule has 0 aliphatic carbocycles. The third-order valence-corrected chi connectivity index (χ3v) is 5.08. The van der Waals surface area contributed by atoms with Crippen molar-refractivity contribution < 1.29 is 0 Å². The predicted octanol–water partition coefficient (Wildman–Crippen LogP) is 7.18. The number of aromatic nitrogens is 2. The smallest absolute Gasteiger partial charge is 0.0705 e. The third kappa shape index (κ3) is 5.16. The number of rotatable bonds is 4. The van der Waals surface area contributed by atoms with Crippen LogP contribution < -0.4 is 0 Å². The van der Waals surface area contributed by atoms with Crippen LogP contribution >= 0.6 is 0 Å². The van der Waals surface area contributed by atoms with E-state index in [0.29, 0.717) is 11.8 Å². The molecule has 0 aliphatic rings. The third-order valence-electron chi connectivity index (χ3n) is 5.08. The molecule has 2 aromatic heterocycles. The van der Waals surface area contributed by atoms with Crippen molar-refractivity contribution in [3.63, 3.8) is 0 Å². The van der Waals surface area contributed by atoms with Gasteiger partial charge in [0.1, 0.15) is 0 Å². The van der Waals surface area contributed by atoms with Gasteiger partial charge in [-0.3, -0.25) is 9.97 Å². The molecule has 2 aromatic carbocycles. The second kappa shape index (κ2) is 9.45. The second-order valence-corrected chi connectivity index (χ2v) is 7.86. The van der Waals surface area contributed by atoms with Crippen LogP contribution in [0, 0.1) is 5.92 Å². The number of nitrogens with zero attached hydrogens (tertiary/aromatic N) is 2. The average molecular weight is 371 g/mol. The van der Waals surface area contributed by atoms with Crippen LogP contribution in [0.15, 0.2) is 72.9 Å². The van der Waals surface area contributed by atoms with Crippen LogP contribution in [0.2, 0.25) is 0 Å². The lowest BCUT2D eigenvalue weighted by molar-refractivity contribution is 0.637. The zero-order chi connectivity index (χ0) is 19.9. The van der Waals surface area contributed by atoms with Gasteiger partial charge in [0.25, 0.3) is 0 Å². The summed E-state index contributed by atoms with van der Waals surface area (Å²) in [5, 5.41) is 2.46. The molecule has 2 heterocycles. The van der Waals surface area contributed by atoms with Crippen molar-refractivity contribution >= 4 is 21.8 Å². The summed E-state index contributed by atoms with van der Waals surface area (Å²) in [6.07, 6.45) is 4.09. The minimum absolute atomic E-state index is 0.639. The van der Waals surface area contributed by atoms with Gasteiger partial charge in [0.15, 0.2) is 0 Å². The highest BCUT2D eigenvalue weighted by Crippen LogP contribution is 2.22. The Balaban J connectivity index is 0.000000161. The Labute approximate surface area is 168 Å². The highest BCUT2D eigenvalue weighted by Gasteiger charge is 2.03. The Morgan fingerprint density at radius 2 is 1.57 bits per heavy atom. The van der Waals surface area contributed by atoms with Crippen molar-refractivity contribution in [3.8, 4) is 0 Å². The summed E-state index contributed by atoms with van der Waals surface area (Å²) in [6.45, 7) is 8.92. The Morgan fingerprint density at radius 1 is 0.786 bits per heavy atom. The van der Waals surface area contributed by atoms with Gasteiger partial charge >= 0.3 is 0 Å². The second-order valence-electron chi connectivity index (χ2n) is 7.86. The highest BCUT2D eigenvalue weighted by molar-refractivity contribution is 5.79. The molecule has 0 fully saturated rings. The first-order valence-electron chi connectivity index (χ1n) is 10.3. The standard InChI is InChI=1S/2C13H15N/c1-10(2)9-12-8-7-11-5-3-4-6-13(11)14-12;1-3-10(2)11-6-7-13-12(9-11)5-4-8-14-13/h3-8,10H,9H2,1-2H3;4-10H,3H2,1-2H3. The van der Waals surface area contributed by atoms with Crippen LogP contribution in [-0.4, -0.2) is 9.97 Å². The fraction of sp³-hybridized carbons (Fsp3) is 0.308. The first-order valence-corrected chi connectivity index (χ1v) is 10.3. The fourth-order valence-corrected chi connectivity index (χ4v) is 3.28. The first kappa shape index (κ1) is 20.0. The zero-order valence-electron chi connectivity index (χ0n) is 17.4. The molecule has 2 nitrogen and oxygen atoms in total. The summed E-state index contributed by atoms with van der Waals surface area (Å²) in [4.78, 5) is 8.92. The molecule has 0 spiro atoms. The van der Waals surface area contributed by atoms with E-state index in [4.69, 9.17) is 0 Å². The number of para-hydroxylation sites is 1. The van der Waals surface area contributed by atoms with Gasteiger partial charge in [-0.2, -0.15) is 0 Å². The molecule has 0 radical (unpaired) electrons. The van der Waals surface area contributed by atoms with Crippen molar-refractivity contribution in [3.05, 3.63) is 84.2 Å². The van der Waals surface area contributed by atoms with E-state index in [-0.39, 0.29) is 0 Å². The van der Waals surface area contributed by atoms with Crippen molar-refractivity contribution in [2.75, 3.05) is 0 Å². The molecule has 0 aliphatic heterocycles. The number of fused-ring (bicyclic) bond motifs is 2. The van der Waals surface area contributed by atoms with Gasteiger partial charge in [0, 0.05) is 22.7 Å². The van der Waals surface area contributed by atoms with Gasteiger partial charge in [0.05, 0.1) is 11.0 Å². The first-order chi connectivity index (χ1) is 13.6. The van der Waals surface area contributed by atoms with Crippen molar-refractivity contribution in [1.82, 2.24) is 9.97 Å². The molecule has 2 heteroatoms. The summed E-state index contributed by atoms with van der Waals surface area (Å²) in [6, 6.07) is 23.2. The average Bonchev–Trinajstić information content (AvgIpc) is 2.72. The zero-order valence-corrected chi connectivity index (χ0v) is 17.4. The topological polar surface area (TPSA) is 25.8 Å². The Bertz CT molecular complexity index is 1040. The Morgan fingerprint density at radius 3 is 2.36 bits per heavy atom. The molecule has 0 amide bonds. The molecule has 0 saturated carbocycles. The monoisotopic (exact) mass is 370 g/mol. The van der Waals surface area contributed by atoms with E-state index in [9.17, 15) is 0 Å².